The second kappa shape index (κ2) is 9.14. The molecule has 2 N–H and O–H groups in total. The molecule has 25 heavy (non-hydrogen) atoms. The summed E-state index contributed by atoms with van der Waals surface area (Å²) in [6.07, 6.45) is 1.88. The summed E-state index contributed by atoms with van der Waals surface area (Å²) < 4.78 is 36.6. The average molecular weight is 393 g/mol. The summed E-state index contributed by atoms with van der Waals surface area (Å²) >= 11 is 0. The van der Waals surface area contributed by atoms with E-state index in [2.05, 4.69) is 19.5 Å². The van der Waals surface area contributed by atoms with Crippen LogP contribution in [0.5, 0.6) is 0 Å². The Balaban J connectivity index is 0.00000312. The van der Waals surface area contributed by atoms with E-state index >= 15 is 0 Å². The Labute approximate surface area is 152 Å². The molecule has 1 aromatic rings. The van der Waals surface area contributed by atoms with Gasteiger partial charge in [-0.1, -0.05) is 0 Å². The van der Waals surface area contributed by atoms with Crippen LogP contribution in [0.3, 0.4) is 0 Å². The molecule has 1 saturated heterocycles. The highest BCUT2D eigenvalue weighted by molar-refractivity contribution is 7.89. The van der Waals surface area contributed by atoms with Gasteiger partial charge in [0.2, 0.25) is 10.0 Å². The van der Waals surface area contributed by atoms with E-state index in [0.717, 1.165) is 19.4 Å². The Bertz CT molecular complexity index is 697. The molecule has 0 amide bonds. The summed E-state index contributed by atoms with van der Waals surface area (Å²) in [4.78, 5) is 23.3. The quantitative estimate of drug-likeness (QED) is 0.686. The second-order valence-electron chi connectivity index (χ2n) is 5.37. The van der Waals surface area contributed by atoms with E-state index in [4.69, 9.17) is 0 Å². The average Bonchev–Trinajstić information content (AvgIpc) is 3.11. The lowest BCUT2D eigenvalue weighted by Gasteiger charge is -2.13. The number of methoxy groups -OCH3 is 2. The third-order valence-corrected chi connectivity index (χ3v) is 5.14. The molecular weight excluding hydrogens is 372 g/mol. The predicted octanol–water partition coefficient (Wildman–Crippen LogP) is 0.712. The van der Waals surface area contributed by atoms with Gasteiger partial charge in [0.1, 0.15) is 0 Å². The van der Waals surface area contributed by atoms with Gasteiger partial charge < -0.3 is 14.8 Å². The van der Waals surface area contributed by atoms with Crippen LogP contribution in [-0.2, 0) is 19.5 Å². The SMILES string of the molecule is COC(=O)c1cc(C(=O)OC)cc(S(=O)(=O)NCC2CCCN2)c1.Cl. The molecule has 1 aliphatic heterocycles. The van der Waals surface area contributed by atoms with Crippen molar-refractivity contribution in [3.05, 3.63) is 29.3 Å². The highest BCUT2D eigenvalue weighted by Crippen LogP contribution is 2.17. The summed E-state index contributed by atoms with van der Waals surface area (Å²) in [5.74, 6) is -1.48. The third kappa shape index (κ3) is 5.40. The molecule has 1 aromatic carbocycles. The van der Waals surface area contributed by atoms with Crippen molar-refractivity contribution in [2.75, 3.05) is 27.3 Å². The standard InChI is InChI=1S/C15H20N2O6S.ClH/c1-22-14(18)10-6-11(15(19)23-2)8-13(7-10)24(20,21)17-9-12-4-3-5-16-12;/h6-8,12,16-17H,3-5,9H2,1-2H3;1H. The molecule has 0 aliphatic carbocycles. The molecule has 140 valence electrons. The zero-order valence-electron chi connectivity index (χ0n) is 13.9. The maximum atomic E-state index is 12.5. The number of sulfonamides is 1. The molecule has 1 atom stereocenters. The first-order valence-electron chi connectivity index (χ1n) is 7.42. The first-order valence-corrected chi connectivity index (χ1v) is 8.90. The zero-order chi connectivity index (χ0) is 17.7. The van der Waals surface area contributed by atoms with Crippen molar-refractivity contribution in [3.63, 3.8) is 0 Å². The van der Waals surface area contributed by atoms with Crippen LogP contribution in [0.2, 0.25) is 0 Å². The Morgan fingerprint density at radius 3 is 2.16 bits per heavy atom. The van der Waals surface area contributed by atoms with E-state index in [9.17, 15) is 18.0 Å². The van der Waals surface area contributed by atoms with Crippen molar-refractivity contribution >= 4 is 34.4 Å². The summed E-state index contributed by atoms with van der Waals surface area (Å²) in [6, 6.07) is 3.64. The van der Waals surface area contributed by atoms with Gasteiger partial charge in [-0.2, -0.15) is 0 Å². The van der Waals surface area contributed by atoms with Gasteiger partial charge in [0.25, 0.3) is 0 Å². The molecule has 0 spiro atoms. The van der Waals surface area contributed by atoms with E-state index in [1.54, 1.807) is 0 Å². The Morgan fingerprint density at radius 2 is 1.72 bits per heavy atom. The fourth-order valence-electron chi connectivity index (χ4n) is 2.45. The maximum absolute atomic E-state index is 12.5. The number of benzene rings is 1. The van der Waals surface area contributed by atoms with Gasteiger partial charge >= 0.3 is 11.9 Å². The molecular formula is C15H21ClN2O6S. The number of ether oxygens (including phenoxy) is 2. The number of carbonyl (C=O) groups excluding carboxylic acids is 2. The lowest BCUT2D eigenvalue weighted by atomic mass is 10.1. The highest BCUT2D eigenvalue weighted by atomic mass is 35.5. The number of hydrogen-bond acceptors (Lipinski definition) is 7. The van der Waals surface area contributed by atoms with Gasteiger partial charge in [0, 0.05) is 12.6 Å². The number of nitrogens with one attached hydrogen (secondary N) is 2. The summed E-state index contributed by atoms with van der Waals surface area (Å²) in [5.41, 5.74) is -0.0838. The van der Waals surface area contributed by atoms with Crippen LogP contribution in [-0.4, -0.2) is 53.7 Å². The maximum Gasteiger partial charge on any atom is 0.337 e. The lowest BCUT2D eigenvalue weighted by molar-refractivity contribution is 0.0598. The van der Waals surface area contributed by atoms with E-state index in [-0.39, 0.29) is 41.0 Å². The van der Waals surface area contributed by atoms with E-state index in [1.807, 2.05) is 0 Å². The van der Waals surface area contributed by atoms with E-state index < -0.39 is 22.0 Å². The molecule has 0 bridgehead atoms. The van der Waals surface area contributed by atoms with Gasteiger partial charge in [-0.3, -0.25) is 0 Å². The molecule has 0 saturated carbocycles. The number of hydrogen-bond donors (Lipinski definition) is 2. The van der Waals surface area contributed by atoms with Gasteiger partial charge in [-0.05, 0) is 37.6 Å². The van der Waals surface area contributed by atoms with Crippen molar-refractivity contribution in [3.8, 4) is 0 Å². The Morgan fingerprint density at radius 1 is 1.16 bits per heavy atom. The first-order chi connectivity index (χ1) is 11.4. The van der Waals surface area contributed by atoms with Gasteiger partial charge in [-0.25, -0.2) is 22.7 Å². The number of carbonyl (C=O) groups is 2. The van der Waals surface area contributed by atoms with Gasteiger partial charge in [-0.15, -0.1) is 12.4 Å². The third-order valence-electron chi connectivity index (χ3n) is 3.74. The monoisotopic (exact) mass is 392 g/mol. The van der Waals surface area contributed by atoms with Crippen molar-refractivity contribution < 1.29 is 27.5 Å². The van der Waals surface area contributed by atoms with Crippen LogP contribution in [0.4, 0.5) is 0 Å². The molecule has 2 rings (SSSR count). The van der Waals surface area contributed by atoms with Gasteiger partial charge in [0.05, 0.1) is 30.2 Å². The fourth-order valence-corrected chi connectivity index (χ4v) is 3.60. The van der Waals surface area contributed by atoms with E-state index in [1.165, 1.54) is 32.4 Å². The molecule has 10 heteroatoms. The molecule has 1 fully saturated rings. The molecule has 1 heterocycles. The molecule has 1 unspecified atom stereocenters. The topological polar surface area (TPSA) is 111 Å². The zero-order valence-corrected chi connectivity index (χ0v) is 15.5. The van der Waals surface area contributed by atoms with Crippen LogP contribution in [0, 0.1) is 0 Å². The van der Waals surface area contributed by atoms with Crippen LogP contribution < -0.4 is 10.0 Å². The Kier molecular flexibility index (Phi) is 7.81. The number of halogens is 1. The molecule has 1 aliphatic rings. The highest BCUT2D eigenvalue weighted by Gasteiger charge is 2.23. The summed E-state index contributed by atoms with van der Waals surface area (Å²) in [5, 5.41) is 3.18. The predicted molar refractivity (Wildman–Crippen MR) is 92.6 cm³/mol. The summed E-state index contributed by atoms with van der Waals surface area (Å²) in [7, 11) is -1.54. The Hall–Kier alpha value is -1.68. The molecule has 0 aromatic heterocycles. The molecule has 0 radical (unpaired) electrons. The fraction of sp³-hybridized carbons (Fsp3) is 0.467. The van der Waals surface area contributed by atoms with Crippen LogP contribution in [0.25, 0.3) is 0 Å². The van der Waals surface area contributed by atoms with Gasteiger partial charge in [0.15, 0.2) is 0 Å². The number of esters is 2. The van der Waals surface area contributed by atoms with Crippen molar-refractivity contribution in [1.82, 2.24) is 10.0 Å². The minimum Gasteiger partial charge on any atom is -0.465 e. The van der Waals surface area contributed by atoms with Crippen molar-refractivity contribution in [2.24, 2.45) is 0 Å². The smallest absolute Gasteiger partial charge is 0.337 e. The second-order valence-corrected chi connectivity index (χ2v) is 7.14. The summed E-state index contributed by atoms with van der Waals surface area (Å²) in [6.45, 7) is 1.09. The van der Waals surface area contributed by atoms with Crippen LogP contribution >= 0.6 is 12.4 Å². The van der Waals surface area contributed by atoms with Crippen LogP contribution in [0.1, 0.15) is 33.6 Å². The normalized spacial score (nSPS) is 16.8. The van der Waals surface area contributed by atoms with E-state index in [0.29, 0.717) is 0 Å². The largest absolute Gasteiger partial charge is 0.465 e. The van der Waals surface area contributed by atoms with Crippen molar-refractivity contribution in [1.29, 1.82) is 0 Å². The van der Waals surface area contributed by atoms with Crippen LogP contribution in [0.15, 0.2) is 23.1 Å². The lowest BCUT2D eigenvalue weighted by Crippen LogP contribution is -2.37. The number of rotatable bonds is 6. The minimum absolute atomic E-state index is 0. The minimum atomic E-state index is -3.88. The first kappa shape index (κ1) is 21.4. The molecule has 8 nitrogen and oxygen atoms in total. The van der Waals surface area contributed by atoms with Crippen molar-refractivity contribution in [2.45, 2.75) is 23.8 Å².